The maximum Gasteiger partial charge on any atom is 0.573 e. The first-order valence-electron chi connectivity index (χ1n) is 6.63. The van der Waals surface area contributed by atoms with Crippen molar-refractivity contribution >= 4 is 34.7 Å². The number of nitrogens with zero attached hydrogens (tertiary/aromatic N) is 1. The van der Waals surface area contributed by atoms with E-state index >= 15 is 0 Å². The molecular formula is C16H11ClF3NOS. The monoisotopic (exact) mass is 357 g/mol. The molecule has 0 bridgehead atoms. The number of rotatable bonds is 3. The number of halogens is 4. The Balaban J connectivity index is 1.89. The molecule has 0 aliphatic carbocycles. The fourth-order valence-electron chi connectivity index (χ4n) is 2.26. The Morgan fingerprint density at radius 2 is 1.87 bits per heavy atom. The molecule has 0 aromatic heterocycles. The lowest BCUT2D eigenvalue weighted by atomic mass is 10.1. The second-order valence-electron chi connectivity index (χ2n) is 4.78. The van der Waals surface area contributed by atoms with Crippen molar-refractivity contribution in [1.29, 1.82) is 0 Å². The van der Waals surface area contributed by atoms with Crippen LogP contribution in [0.3, 0.4) is 0 Å². The predicted molar refractivity (Wildman–Crippen MR) is 87.5 cm³/mol. The highest BCUT2D eigenvalue weighted by Crippen LogP contribution is 2.37. The quantitative estimate of drug-likeness (QED) is 0.694. The summed E-state index contributed by atoms with van der Waals surface area (Å²) < 4.78 is 41.1. The molecule has 1 aliphatic heterocycles. The molecule has 7 heteroatoms. The standard InChI is InChI=1S/C16H11ClF3NOS/c17-12-4-1-3-11(7-12)15-9-23-10-21(15)13-5-2-6-14(8-13)22-16(18,19)20/h1-9H,10H2. The molecular weight excluding hydrogens is 347 g/mol. The van der Waals surface area contributed by atoms with Gasteiger partial charge < -0.3 is 9.64 Å². The number of thioether (sulfide) groups is 1. The SMILES string of the molecule is FC(F)(F)Oc1cccc(N2CSC=C2c2cccc(Cl)c2)c1. The van der Waals surface area contributed by atoms with Crippen molar-refractivity contribution in [3.05, 3.63) is 64.5 Å². The summed E-state index contributed by atoms with van der Waals surface area (Å²) in [6, 6.07) is 13.3. The number of benzene rings is 2. The maximum atomic E-state index is 12.4. The molecule has 0 fully saturated rings. The van der Waals surface area contributed by atoms with E-state index < -0.39 is 6.36 Å². The van der Waals surface area contributed by atoms with E-state index in [4.69, 9.17) is 11.6 Å². The van der Waals surface area contributed by atoms with Crippen molar-refractivity contribution in [2.45, 2.75) is 6.36 Å². The second kappa shape index (κ2) is 6.37. The molecule has 120 valence electrons. The van der Waals surface area contributed by atoms with Crippen LogP contribution in [0.5, 0.6) is 5.75 Å². The van der Waals surface area contributed by atoms with E-state index in [-0.39, 0.29) is 5.75 Å². The zero-order chi connectivity index (χ0) is 16.4. The Labute approximate surface area is 140 Å². The fraction of sp³-hybridized carbons (Fsp3) is 0.125. The second-order valence-corrected chi connectivity index (χ2v) is 6.05. The third kappa shape index (κ3) is 3.95. The van der Waals surface area contributed by atoms with Crippen LogP contribution >= 0.6 is 23.4 Å². The van der Waals surface area contributed by atoms with Crippen LogP contribution in [0.15, 0.2) is 53.9 Å². The van der Waals surface area contributed by atoms with E-state index in [1.807, 2.05) is 28.5 Å². The van der Waals surface area contributed by atoms with Crippen molar-refractivity contribution < 1.29 is 17.9 Å². The summed E-state index contributed by atoms with van der Waals surface area (Å²) >= 11 is 7.58. The van der Waals surface area contributed by atoms with Crippen LogP contribution in [-0.2, 0) is 0 Å². The Hall–Kier alpha value is -1.79. The Kier molecular flexibility index (Phi) is 4.46. The molecule has 2 aromatic carbocycles. The van der Waals surface area contributed by atoms with Gasteiger partial charge in [-0.25, -0.2) is 0 Å². The third-order valence-electron chi connectivity index (χ3n) is 3.17. The van der Waals surface area contributed by atoms with E-state index in [2.05, 4.69) is 4.74 Å². The molecule has 1 heterocycles. The van der Waals surface area contributed by atoms with Gasteiger partial charge in [0.15, 0.2) is 0 Å². The highest BCUT2D eigenvalue weighted by Gasteiger charge is 2.31. The molecule has 0 N–H and O–H groups in total. The zero-order valence-electron chi connectivity index (χ0n) is 11.7. The predicted octanol–water partition coefficient (Wildman–Crippen LogP) is 5.75. The summed E-state index contributed by atoms with van der Waals surface area (Å²) in [5.41, 5.74) is 2.43. The fourth-order valence-corrected chi connectivity index (χ4v) is 3.38. The van der Waals surface area contributed by atoms with Crippen molar-refractivity contribution in [2.75, 3.05) is 10.8 Å². The normalized spacial score (nSPS) is 14.8. The lowest BCUT2D eigenvalue weighted by molar-refractivity contribution is -0.274. The maximum absolute atomic E-state index is 12.4. The zero-order valence-corrected chi connectivity index (χ0v) is 13.3. The number of alkyl halides is 3. The summed E-state index contributed by atoms with van der Waals surface area (Å²) in [5.74, 6) is 0.370. The smallest absolute Gasteiger partial charge is 0.406 e. The van der Waals surface area contributed by atoms with E-state index in [0.717, 1.165) is 11.3 Å². The Morgan fingerprint density at radius 3 is 2.61 bits per heavy atom. The lowest BCUT2D eigenvalue weighted by Gasteiger charge is -2.23. The van der Waals surface area contributed by atoms with Gasteiger partial charge in [-0.15, -0.1) is 24.9 Å². The van der Waals surface area contributed by atoms with Gasteiger partial charge in [0.2, 0.25) is 0 Å². The molecule has 2 nitrogen and oxygen atoms in total. The van der Waals surface area contributed by atoms with E-state index in [9.17, 15) is 13.2 Å². The topological polar surface area (TPSA) is 12.5 Å². The molecule has 0 amide bonds. The van der Waals surface area contributed by atoms with Gasteiger partial charge in [0.05, 0.1) is 11.6 Å². The third-order valence-corrected chi connectivity index (χ3v) is 4.20. The molecule has 0 radical (unpaired) electrons. The van der Waals surface area contributed by atoms with E-state index in [1.54, 1.807) is 23.9 Å². The molecule has 3 rings (SSSR count). The first-order chi connectivity index (χ1) is 10.9. The molecule has 0 saturated heterocycles. The average molecular weight is 358 g/mol. The van der Waals surface area contributed by atoms with Crippen LogP contribution in [0.2, 0.25) is 5.02 Å². The summed E-state index contributed by atoms with van der Waals surface area (Å²) in [5, 5.41) is 2.57. The van der Waals surface area contributed by atoms with Gasteiger partial charge >= 0.3 is 6.36 Å². The molecule has 1 aliphatic rings. The molecule has 23 heavy (non-hydrogen) atoms. The summed E-state index contributed by atoms with van der Waals surface area (Å²) in [7, 11) is 0. The summed E-state index contributed by atoms with van der Waals surface area (Å²) in [6.07, 6.45) is -4.70. The largest absolute Gasteiger partial charge is 0.573 e. The molecule has 0 atom stereocenters. The van der Waals surface area contributed by atoms with Crippen LogP contribution in [0.25, 0.3) is 5.70 Å². The first kappa shape index (κ1) is 16.1. The van der Waals surface area contributed by atoms with Gasteiger partial charge in [-0.05, 0) is 29.7 Å². The van der Waals surface area contributed by atoms with Crippen molar-refractivity contribution in [3.8, 4) is 5.75 Å². The van der Waals surface area contributed by atoms with Gasteiger partial charge in [0, 0.05) is 22.3 Å². The molecule has 0 unspecified atom stereocenters. The van der Waals surface area contributed by atoms with Gasteiger partial charge in [-0.3, -0.25) is 0 Å². The molecule has 0 spiro atoms. The average Bonchev–Trinajstić information content (AvgIpc) is 2.95. The summed E-state index contributed by atoms with van der Waals surface area (Å²) in [6.45, 7) is 0. The van der Waals surface area contributed by atoms with Crippen LogP contribution in [0.1, 0.15) is 5.56 Å². The highest BCUT2D eigenvalue weighted by atomic mass is 35.5. The van der Waals surface area contributed by atoms with Gasteiger partial charge in [0.1, 0.15) is 5.75 Å². The van der Waals surface area contributed by atoms with Gasteiger partial charge in [-0.1, -0.05) is 29.8 Å². The van der Waals surface area contributed by atoms with Crippen molar-refractivity contribution in [3.63, 3.8) is 0 Å². The minimum absolute atomic E-state index is 0.239. The van der Waals surface area contributed by atoms with Crippen LogP contribution in [-0.4, -0.2) is 12.2 Å². The minimum atomic E-state index is -4.70. The van der Waals surface area contributed by atoms with E-state index in [0.29, 0.717) is 16.6 Å². The number of hydrogen-bond acceptors (Lipinski definition) is 3. The minimum Gasteiger partial charge on any atom is -0.406 e. The first-order valence-corrected chi connectivity index (χ1v) is 8.06. The van der Waals surface area contributed by atoms with Crippen LogP contribution in [0, 0.1) is 0 Å². The number of anilines is 1. The van der Waals surface area contributed by atoms with Crippen molar-refractivity contribution in [2.24, 2.45) is 0 Å². The molecule has 2 aromatic rings. The number of hydrogen-bond donors (Lipinski definition) is 0. The highest BCUT2D eigenvalue weighted by molar-refractivity contribution is 8.02. The Morgan fingerprint density at radius 1 is 1.09 bits per heavy atom. The van der Waals surface area contributed by atoms with Gasteiger partial charge in [0.25, 0.3) is 0 Å². The van der Waals surface area contributed by atoms with E-state index in [1.165, 1.54) is 18.2 Å². The Bertz CT molecular complexity index is 748. The van der Waals surface area contributed by atoms with Crippen LogP contribution in [0.4, 0.5) is 18.9 Å². The number of ether oxygens (including phenoxy) is 1. The summed E-state index contributed by atoms with van der Waals surface area (Å²) in [4.78, 5) is 1.92. The molecule has 0 saturated carbocycles. The van der Waals surface area contributed by atoms with Crippen molar-refractivity contribution in [1.82, 2.24) is 0 Å². The lowest BCUT2D eigenvalue weighted by Crippen LogP contribution is -2.19. The van der Waals surface area contributed by atoms with Crippen LogP contribution < -0.4 is 9.64 Å². The van der Waals surface area contributed by atoms with Gasteiger partial charge in [-0.2, -0.15) is 0 Å².